The SMILES string of the molecule is CCC1c2c(OC)ccc(F)c2CCN1c1cnc(-c2ncccn2)nc1. The van der Waals surface area contributed by atoms with Crippen molar-refractivity contribution in [2.75, 3.05) is 18.6 Å². The van der Waals surface area contributed by atoms with Crippen molar-refractivity contribution in [1.82, 2.24) is 19.9 Å². The lowest BCUT2D eigenvalue weighted by Crippen LogP contribution is -2.36. The van der Waals surface area contributed by atoms with Crippen molar-refractivity contribution >= 4 is 5.69 Å². The molecule has 1 aliphatic heterocycles. The number of aromatic nitrogens is 4. The molecule has 0 saturated carbocycles. The monoisotopic (exact) mass is 365 g/mol. The number of benzene rings is 1. The fraction of sp³-hybridized carbons (Fsp3) is 0.300. The smallest absolute Gasteiger partial charge is 0.197 e. The second-order valence-corrected chi connectivity index (χ2v) is 6.35. The van der Waals surface area contributed by atoms with Gasteiger partial charge in [-0.05, 0) is 36.6 Å². The van der Waals surface area contributed by atoms with E-state index >= 15 is 0 Å². The van der Waals surface area contributed by atoms with Gasteiger partial charge in [-0.15, -0.1) is 0 Å². The average molecular weight is 365 g/mol. The Kier molecular flexibility index (Phi) is 4.66. The number of ether oxygens (including phenoxy) is 1. The van der Waals surface area contributed by atoms with Crippen molar-refractivity contribution in [2.24, 2.45) is 0 Å². The maximum Gasteiger partial charge on any atom is 0.197 e. The second kappa shape index (κ2) is 7.26. The summed E-state index contributed by atoms with van der Waals surface area (Å²) in [5, 5.41) is 0. The molecule has 1 unspecified atom stereocenters. The van der Waals surface area contributed by atoms with Crippen LogP contribution in [-0.4, -0.2) is 33.6 Å². The molecule has 0 spiro atoms. The molecular weight excluding hydrogens is 345 g/mol. The molecule has 1 atom stereocenters. The van der Waals surface area contributed by atoms with Crippen LogP contribution in [0.2, 0.25) is 0 Å². The predicted octanol–water partition coefficient (Wildman–Crippen LogP) is 3.60. The van der Waals surface area contributed by atoms with Gasteiger partial charge in [-0.1, -0.05) is 6.92 Å². The minimum atomic E-state index is -0.170. The molecule has 1 aromatic carbocycles. The first-order valence-electron chi connectivity index (χ1n) is 8.94. The number of halogens is 1. The highest BCUT2D eigenvalue weighted by molar-refractivity contribution is 5.55. The fourth-order valence-corrected chi connectivity index (χ4v) is 3.69. The van der Waals surface area contributed by atoms with Crippen LogP contribution < -0.4 is 9.64 Å². The van der Waals surface area contributed by atoms with Gasteiger partial charge in [0.1, 0.15) is 11.6 Å². The summed E-state index contributed by atoms with van der Waals surface area (Å²) < 4.78 is 19.9. The van der Waals surface area contributed by atoms with Gasteiger partial charge in [0.15, 0.2) is 11.6 Å². The summed E-state index contributed by atoms with van der Waals surface area (Å²) in [6.45, 7) is 2.78. The third kappa shape index (κ3) is 3.09. The lowest BCUT2D eigenvalue weighted by atomic mass is 9.89. The first-order valence-corrected chi connectivity index (χ1v) is 8.94. The summed E-state index contributed by atoms with van der Waals surface area (Å²) in [5.74, 6) is 1.52. The maximum absolute atomic E-state index is 14.4. The molecule has 0 aliphatic carbocycles. The van der Waals surface area contributed by atoms with Crippen LogP contribution in [0.1, 0.15) is 30.5 Å². The number of nitrogens with zero attached hydrogens (tertiary/aromatic N) is 5. The van der Waals surface area contributed by atoms with E-state index in [0.29, 0.717) is 24.6 Å². The first-order chi connectivity index (χ1) is 13.2. The zero-order valence-corrected chi connectivity index (χ0v) is 15.3. The van der Waals surface area contributed by atoms with E-state index in [1.807, 2.05) is 0 Å². The van der Waals surface area contributed by atoms with E-state index in [0.717, 1.165) is 29.0 Å². The van der Waals surface area contributed by atoms with Crippen LogP contribution in [0.3, 0.4) is 0 Å². The van der Waals surface area contributed by atoms with Gasteiger partial charge in [0.25, 0.3) is 0 Å². The number of methoxy groups -OCH3 is 1. The Hall–Kier alpha value is -3.09. The Labute approximate surface area is 157 Å². The van der Waals surface area contributed by atoms with E-state index in [4.69, 9.17) is 4.74 Å². The van der Waals surface area contributed by atoms with Crippen LogP contribution in [0.5, 0.6) is 5.75 Å². The molecule has 138 valence electrons. The summed E-state index contributed by atoms with van der Waals surface area (Å²) in [6, 6.07) is 4.94. The normalized spacial score (nSPS) is 16.1. The van der Waals surface area contributed by atoms with Gasteiger partial charge in [-0.3, -0.25) is 0 Å². The Morgan fingerprint density at radius 2 is 1.81 bits per heavy atom. The topological polar surface area (TPSA) is 64.0 Å². The van der Waals surface area contributed by atoms with Gasteiger partial charge in [0.2, 0.25) is 0 Å². The van der Waals surface area contributed by atoms with Crippen molar-refractivity contribution in [3.8, 4) is 17.4 Å². The lowest BCUT2D eigenvalue weighted by molar-refractivity contribution is 0.395. The van der Waals surface area contributed by atoms with Crippen LogP contribution in [0, 0.1) is 5.82 Å². The number of hydrogen-bond donors (Lipinski definition) is 0. The molecule has 0 saturated heterocycles. The van der Waals surface area contributed by atoms with E-state index in [1.165, 1.54) is 6.07 Å². The van der Waals surface area contributed by atoms with Crippen molar-refractivity contribution in [2.45, 2.75) is 25.8 Å². The molecule has 6 nitrogen and oxygen atoms in total. The molecule has 2 aromatic heterocycles. The molecule has 7 heteroatoms. The number of hydrogen-bond acceptors (Lipinski definition) is 6. The zero-order valence-electron chi connectivity index (χ0n) is 15.3. The Morgan fingerprint density at radius 3 is 2.48 bits per heavy atom. The molecule has 0 fully saturated rings. The van der Waals surface area contributed by atoms with E-state index in [-0.39, 0.29) is 11.9 Å². The summed E-state index contributed by atoms with van der Waals surface area (Å²) in [4.78, 5) is 19.4. The summed E-state index contributed by atoms with van der Waals surface area (Å²) in [7, 11) is 1.62. The van der Waals surface area contributed by atoms with Gasteiger partial charge in [-0.25, -0.2) is 24.3 Å². The number of fused-ring (bicyclic) bond motifs is 1. The van der Waals surface area contributed by atoms with Crippen LogP contribution >= 0.6 is 0 Å². The Balaban J connectivity index is 1.70. The molecule has 3 aromatic rings. The molecule has 0 bridgehead atoms. The van der Waals surface area contributed by atoms with E-state index < -0.39 is 0 Å². The third-order valence-electron chi connectivity index (χ3n) is 4.91. The van der Waals surface area contributed by atoms with E-state index in [9.17, 15) is 4.39 Å². The maximum atomic E-state index is 14.4. The molecule has 3 heterocycles. The zero-order chi connectivity index (χ0) is 18.8. The molecule has 0 N–H and O–H groups in total. The lowest BCUT2D eigenvalue weighted by Gasteiger charge is -2.39. The fourth-order valence-electron chi connectivity index (χ4n) is 3.69. The minimum Gasteiger partial charge on any atom is -0.496 e. The number of anilines is 1. The number of rotatable bonds is 4. The second-order valence-electron chi connectivity index (χ2n) is 6.35. The van der Waals surface area contributed by atoms with Crippen molar-refractivity contribution in [3.63, 3.8) is 0 Å². The van der Waals surface area contributed by atoms with Crippen molar-refractivity contribution in [3.05, 3.63) is 59.9 Å². The average Bonchev–Trinajstić information content (AvgIpc) is 2.74. The highest BCUT2D eigenvalue weighted by atomic mass is 19.1. The van der Waals surface area contributed by atoms with Gasteiger partial charge >= 0.3 is 0 Å². The minimum absolute atomic E-state index is 0.00169. The van der Waals surface area contributed by atoms with Gasteiger partial charge in [-0.2, -0.15) is 0 Å². The standard InChI is InChI=1S/C20H20FN5O/c1-3-16-18-14(15(21)5-6-17(18)27-2)7-10-26(16)13-11-24-20(25-12-13)19-22-8-4-9-23-19/h4-6,8-9,11-12,16H,3,7,10H2,1-2H3. The first kappa shape index (κ1) is 17.3. The quantitative estimate of drug-likeness (QED) is 0.704. The molecule has 1 aliphatic rings. The van der Waals surface area contributed by atoms with Gasteiger partial charge in [0.05, 0.1) is 31.2 Å². The molecule has 27 heavy (non-hydrogen) atoms. The Morgan fingerprint density at radius 1 is 1.11 bits per heavy atom. The van der Waals surface area contributed by atoms with Crippen LogP contribution in [0.15, 0.2) is 43.0 Å². The third-order valence-corrected chi connectivity index (χ3v) is 4.91. The predicted molar refractivity (Wildman–Crippen MR) is 100 cm³/mol. The molecule has 0 amide bonds. The molecule has 4 rings (SSSR count). The van der Waals surface area contributed by atoms with Crippen molar-refractivity contribution in [1.29, 1.82) is 0 Å². The Bertz CT molecular complexity index is 933. The highest BCUT2D eigenvalue weighted by Crippen LogP contribution is 2.41. The largest absolute Gasteiger partial charge is 0.496 e. The van der Waals surface area contributed by atoms with Crippen molar-refractivity contribution < 1.29 is 9.13 Å². The van der Waals surface area contributed by atoms with Gasteiger partial charge in [0, 0.05) is 24.5 Å². The van der Waals surface area contributed by atoms with Crippen LogP contribution in [0.25, 0.3) is 11.6 Å². The summed E-state index contributed by atoms with van der Waals surface area (Å²) >= 11 is 0. The molecule has 0 radical (unpaired) electrons. The van der Waals surface area contributed by atoms with E-state index in [2.05, 4.69) is 31.8 Å². The van der Waals surface area contributed by atoms with Crippen LogP contribution in [0.4, 0.5) is 10.1 Å². The summed E-state index contributed by atoms with van der Waals surface area (Å²) in [6.07, 6.45) is 8.30. The van der Waals surface area contributed by atoms with Gasteiger partial charge < -0.3 is 9.64 Å². The van der Waals surface area contributed by atoms with Crippen LogP contribution in [-0.2, 0) is 6.42 Å². The highest BCUT2D eigenvalue weighted by Gasteiger charge is 2.31. The van der Waals surface area contributed by atoms with E-state index in [1.54, 1.807) is 44.0 Å². The molecular formula is C20H20FN5O. The summed E-state index contributed by atoms with van der Waals surface area (Å²) in [5.41, 5.74) is 2.55.